The highest BCUT2D eigenvalue weighted by atomic mass is 28.4. The van der Waals surface area contributed by atoms with Crippen LogP contribution in [0.2, 0.25) is 18.1 Å². The standard InChI is InChI=1S/C31H50O5Si/c1-28(2,3)37(7,8)36-24-15-12-17-30(6)23(24)20-25(32)31(34)18-16-22(29(31,4)5)19-26(30)35-27(33)21-13-10-9-11-14-21/h9-11,13-14,22-26,32,34H,12,15-20H2,1-8H3/t22-,23-,24-,25-,26+,30+,31+/m0/s1. The lowest BCUT2D eigenvalue weighted by molar-refractivity contribution is -0.154. The summed E-state index contributed by atoms with van der Waals surface area (Å²) >= 11 is 0. The van der Waals surface area contributed by atoms with Crippen molar-refractivity contribution < 1.29 is 24.2 Å². The van der Waals surface area contributed by atoms with Crippen molar-refractivity contribution in [3.8, 4) is 0 Å². The van der Waals surface area contributed by atoms with E-state index < -0.39 is 25.4 Å². The number of aliphatic hydroxyl groups is 2. The molecule has 3 aliphatic carbocycles. The van der Waals surface area contributed by atoms with Crippen LogP contribution in [0.25, 0.3) is 0 Å². The Morgan fingerprint density at radius 3 is 2.30 bits per heavy atom. The van der Waals surface area contributed by atoms with E-state index in [9.17, 15) is 15.0 Å². The molecule has 0 unspecified atom stereocenters. The Hall–Kier alpha value is -1.21. The monoisotopic (exact) mass is 530 g/mol. The molecule has 3 saturated carbocycles. The highest BCUT2D eigenvalue weighted by molar-refractivity contribution is 6.74. The smallest absolute Gasteiger partial charge is 0.338 e. The molecule has 0 amide bonds. The van der Waals surface area contributed by atoms with Crippen molar-refractivity contribution in [2.24, 2.45) is 22.7 Å². The van der Waals surface area contributed by atoms with Gasteiger partial charge in [0.15, 0.2) is 8.32 Å². The molecule has 1 aromatic rings. The molecule has 0 radical (unpaired) electrons. The number of esters is 1. The average Bonchev–Trinajstić information content (AvgIpc) is 3.04. The van der Waals surface area contributed by atoms with Gasteiger partial charge in [-0.2, -0.15) is 0 Å². The van der Waals surface area contributed by atoms with E-state index in [0.29, 0.717) is 24.8 Å². The second-order valence-electron chi connectivity index (χ2n) is 14.5. The average molecular weight is 531 g/mol. The molecular weight excluding hydrogens is 480 g/mol. The van der Waals surface area contributed by atoms with Gasteiger partial charge in [0.25, 0.3) is 0 Å². The van der Waals surface area contributed by atoms with Crippen molar-refractivity contribution in [2.75, 3.05) is 0 Å². The predicted molar refractivity (Wildman–Crippen MR) is 150 cm³/mol. The summed E-state index contributed by atoms with van der Waals surface area (Å²) in [5.74, 6) is -0.153. The van der Waals surface area contributed by atoms with Crippen LogP contribution in [0.15, 0.2) is 30.3 Å². The molecule has 6 heteroatoms. The summed E-state index contributed by atoms with van der Waals surface area (Å²) in [6.07, 6.45) is 4.21. The molecule has 0 spiro atoms. The number of carbonyl (C=O) groups excluding carboxylic acids is 1. The molecule has 208 valence electrons. The summed E-state index contributed by atoms with van der Waals surface area (Å²) in [5, 5.41) is 23.7. The maximum Gasteiger partial charge on any atom is 0.338 e. The van der Waals surface area contributed by atoms with Crippen molar-refractivity contribution in [3.05, 3.63) is 35.9 Å². The molecule has 4 rings (SSSR count). The second kappa shape index (κ2) is 9.76. The van der Waals surface area contributed by atoms with Crippen molar-refractivity contribution in [1.29, 1.82) is 0 Å². The fourth-order valence-corrected chi connectivity index (χ4v) is 8.76. The molecule has 0 aromatic heterocycles. The summed E-state index contributed by atoms with van der Waals surface area (Å²) in [6, 6.07) is 9.25. The fraction of sp³-hybridized carbons (Fsp3) is 0.774. The summed E-state index contributed by atoms with van der Waals surface area (Å²) < 4.78 is 13.5. The number of aliphatic hydroxyl groups excluding tert-OH is 1. The Kier molecular flexibility index (Phi) is 7.59. The first-order valence-electron chi connectivity index (χ1n) is 14.4. The topological polar surface area (TPSA) is 76.0 Å². The lowest BCUT2D eigenvalue weighted by atomic mass is 9.60. The van der Waals surface area contributed by atoms with Crippen LogP contribution in [-0.4, -0.2) is 48.4 Å². The van der Waals surface area contributed by atoms with Gasteiger partial charge in [0.2, 0.25) is 0 Å². The third kappa shape index (κ3) is 4.96. The zero-order valence-electron chi connectivity index (χ0n) is 24.3. The van der Waals surface area contributed by atoms with E-state index in [1.807, 2.05) is 30.3 Å². The van der Waals surface area contributed by atoms with Crippen LogP contribution >= 0.6 is 0 Å². The van der Waals surface area contributed by atoms with Gasteiger partial charge in [0.1, 0.15) is 6.10 Å². The largest absolute Gasteiger partial charge is 0.458 e. The maximum absolute atomic E-state index is 13.4. The van der Waals surface area contributed by atoms with Gasteiger partial charge in [0.05, 0.1) is 17.3 Å². The molecule has 3 fully saturated rings. The van der Waals surface area contributed by atoms with Gasteiger partial charge in [-0.1, -0.05) is 66.2 Å². The Morgan fingerprint density at radius 1 is 1.03 bits per heavy atom. The first kappa shape index (κ1) is 28.8. The number of carbonyl (C=O) groups is 1. The van der Waals surface area contributed by atoms with Crippen molar-refractivity contribution >= 4 is 14.3 Å². The summed E-state index contributed by atoms with van der Waals surface area (Å²) in [4.78, 5) is 13.4. The lowest BCUT2D eigenvalue weighted by Gasteiger charge is -2.53. The summed E-state index contributed by atoms with van der Waals surface area (Å²) in [5.41, 5.74) is -1.43. The number of ether oxygens (including phenoxy) is 1. The molecule has 3 aliphatic rings. The van der Waals surface area contributed by atoms with E-state index >= 15 is 0 Å². The van der Waals surface area contributed by atoms with Crippen molar-refractivity contribution in [1.82, 2.24) is 0 Å². The molecule has 0 heterocycles. The number of benzene rings is 1. The molecule has 37 heavy (non-hydrogen) atoms. The third-order valence-electron chi connectivity index (χ3n) is 11.3. The van der Waals surface area contributed by atoms with Gasteiger partial charge in [-0.15, -0.1) is 0 Å². The normalized spacial score (nSPS) is 38.2. The SMILES string of the molecule is CC1(C)[C@H]2CC[C@@]1(O)[C@@H](O)C[C@H]1[C@@H](O[Si](C)(C)C(C)(C)C)CCC[C@@]1(C)[C@H](OC(=O)c1ccccc1)C2. The van der Waals surface area contributed by atoms with Crippen molar-refractivity contribution in [2.45, 2.75) is 129 Å². The molecule has 2 bridgehead atoms. The van der Waals surface area contributed by atoms with Gasteiger partial charge in [-0.25, -0.2) is 4.79 Å². The molecule has 1 aromatic carbocycles. The van der Waals surface area contributed by atoms with E-state index in [1.165, 1.54) is 0 Å². The van der Waals surface area contributed by atoms with E-state index in [2.05, 4.69) is 54.6 Å². The number of hydrogen-bond donors (Lipinski definition) is 2. The molecule has 0 saturated heterocycles. The van der Waals surface area contributed by atoms with Gasteiger partial charge in [0, 0.05) is 11.5 Å². The minimum Gasteiger partial charge on any atom is -0.458 e. The minimum atomic E-state index is -2.09. The van der Waals surface area contributed by atoms with Crippen LogP contribution in [0.4, 0.5) is 0 Å². The summed E-state index contributed by atoms with van der Waals surface area (Å²) in [6.45, 7) is 17.8. The van der Waals surface area contributed by atoms with E-state index in [0.717, 1.165) is 25.7 Å². The van der Waals surface area contributed by atoms with Crippen LogP contribution < -0.4 is 0 Å². The molecule has 2 N–H and O–H groups in total. The second-order valence-corrected chi connectivity index (χ2v) is 19.3. The first-order chi connectivity index (χ1) is 17.0. The van der Waals surface area contributed by atoms with E-state index in [-0.39, 0.29) is 40.5 Å². The molecule has 5 nitrogen and oxygen atoms in total. The van der Waals surface area contributed by atoms with Crippen LogP contribution in [0.5, 0.6) is 0 Å². The van der Waals surface area contributed by atoms with Gasteiger partial charge in [-0.3, -0.25) is 0 Å². The molecular formula is C31H50O5Si. The minimum absolute atomic E-state index is 0.0156. The quantitative estimate of drug-likeness (QED) is 0.333. The predicted octanol–water partition coefficient (Wildman–Crippen LogP) is 6.73. The first-order valence-corrected chi connectivity index (χ1v) is 17.3. The Morgan fingerprint density at radius 2 is 1.68 bits per heavy atom. The zero-order chi connectivity index (χ0) is 27.4. The Bertz CT molecular complexity index is 970. The number of rotatable bonds is 4. The lowest BCUT2D eigenvalue weighted by Crippen LogP contribution is -2.56. The Balaban J connectivity index is 1.76. The zero-order valence-corrected chi connectivity index (χ0v) is 25.3. The maximum atomic E-state index is 13.4. The van der Waals surface area contributed by atoms with Crippen LogP contribution in [-0.2, 0) is 9.16 Å². The Labute approximate surface area is 225 Å². The van der Waals surface area contributed by atoms with Gasteiger partial charge in [-0.05, 0) is 86.0 Å². The summed E-state index contributed by atoms with van der Waals surface area (Å²) in [7, 11) is -2.09. The number of fused-ring (bicyclic) bond motifs is 3. The van der Waals surface area contributed by atoms with Crippen LogP contribution in [0, 0.1) is 22.7 Å². The highest BCUT2D eigenvalue weighted by Gasteiger charge is 2.62. The highest BCUT2D eigenvalue weighted by Crippen LogP contribution is 2.60. The van der Waals surface area contributed by atoms with Gasteiger partial charge < -0.3 is 19.4 Å². The van der Waals surface area contributed by atoms with Crippen LogP contribution in [0.1, 0.15) is 96.8 Å². The van der Waals surface area contributed by atoms with Crippen LogP contribution in [0.3, 0.4) is 0 Å². The van der Waals surface area contributed by atoms with Crippen molar-refractivity contribution in [3.63, 3.8) is 0 Å². The third-order valence-corrected chi connectivity index (χ3v) is 15.8. The van der Waals surface area contributed by atoms with Gasteiger partial charge >= 0.3 is 5.97 Å². The fourth-order valence-electron chi connectivity index (χ4n) is 7.37. The van der Waals surface area contributed by atoms with E-state index in [4.69, 9.17) is 9.16 Å². The molecule has 7 atom stereocenters. The molecule has 0 aliphatic heterocycles. The number of hydrogen-bond acceptors (Lipinski definition) is 5. The van der Waals surface area contributed by atoms with E-state index in [1.54, 1.807) is 0 Å².